The van der Waals surface area contributed by atoms with Crippen LogP contribution in [0, 0.1) is 17.4 Å². The monoisotopic (exact) mass is 479 g/mol. The number of carbonyl (C=O) groups is 1. The summed E-state index contributed by atoms with van der Waals surface area (Å²) in [5, 5.41) is 7.59. The second kappa shape index (κ2) is 7.59. The molecule has 0 saturated carbocycles. The molecule has 1 amide bonds. The summed E-state index contributed by atoms with van der Waals surface area (Å²) >= 11 is 8.11. The van der Waals surface area contributed by atoms with Crippen LogP contribution in [0.3, 0.4) is 0 Å². The minimum atomic E-state index is -0.544. The van der Waals surface area contributed by atoms with Crippen molar-refractivity contribution in [1.82, 2.24) is 9.78 Å². The molecule has 0 aliphatic rings. The Morgan fingerprint density at radius 3 is 2.46 bits per heavy atom. The molecule has 0 saturated heterocycles. The Kier molecular flexibility index (Phi) is 5.43. The van der Waals surface area contributed by atoms with E-state index in [-0.39, 0.29) is 5.69 Å². The molecule has 3 aromatic rings. The number of halogens is 2. The van der Waals surface area contributed by atoms with E-state index < -0.39 is 11.3 Å². The molecule has 1 heterocycles. The molecule has 0 aliphatic carbocycles. The van der Waals surface area contributed by atoms with Crippen LogP contribution in [0.15, 0.2) is 53.3 Å². The lowest BCUT2D eigenvalue weighted by Gasteiger charge is -2.12. The third-order valence-corrected chi connectivity index (χ3v) is 5.24. The number of hydrogen-bond acceptors (Lipinski definition) is 3. The van der Waals surface area contributed by atoms with Gasteiger partial charge >= 0.3 is 0 Å². The van der Waals surface area contributed by atoms with Crippen molar-refractivity contribution in [3.05, 3.63) is 84.3 Å². The zero-order chi connectivity index (χ0) is 18.8. The van der Waals surface area contributed by atoms with Crippen LogP contribution in [-0.2, 0) is 0 Å². The minimum Gasteiger partial charge on any atom is -0.320 e. The van der Waals surface area contributed by atoms with Crippen molar-refractivity contribution < 1.29 is 4.79 Å². The van der Waals surface area contributed by atoms with Crippen molar-refractivity contribution in [3.8, 4) is 5.69 Å². The highest BCUT2D eigenvalue weighted by atomic mass is 127. The fraction of sp³-hybridized carbons (Fsp3) is 0.105. The summed E-state index contributed by atoms with van der Waals surface area (Å²) < 4.78 is 2.57. The van der Waals surface area contributed by atoms with E-state index in [0.717, 1.165) is 9.13 Å². The molecule has 1 N–H and O–H groups in total. The summed E-state index contributed by atoms with van der Waals surface area (Å²) in [5.74, 6) is -0.544. The Labute approximate surface area is 169 Å². The number of benzene rings is 2. The Morgan fingerprint density at radius 2 is 1.81 bits per heavy atom. The average Bonchev–Trinajstić information content (AvgIpc) is 2.59. The predicted octanol–water partition coefficient (Wildman–Crippen LogP) is 4.36. The van der Waals surface area contributed by atoms with E-state index in [2.05, 4.69) is 33.0 Å². The zero-order valence-corrected chi connectivity index (χ0v) is 17.0. The first-order valence-electron chi connectivity index (χ1n) is 7.79. The third kappa shape index (κ3) is 3.96. The quantitative estimate of drug-likeness (QED) is 0.568. The largest absolute Gasteiger partial charge is 0.320 e. The lowest BCUT2D eigenvalue weighted by atomic mass is 10.2. The van der Waals surface area contributed by atoms with Gasteiger partial charge in [0, 0.05) is 26.0 Å². The van der Waals surface area contributed by atoms with Gasteiger partial charge in [0.15, 0.2) is 5.69 Å². The van der Waals surface area contributed by atoms with Gasteiger partial charge in [0.05, 0.1) is 5.69 Å². The van der Waals surface area contributed by atoms with Crippen LogP contribution in [0.2, 0.25) is 5.02 Å². The van der Waals surface area contributed by atoms with Gasteiger partial charge in [-0.05, 0) is 78.4 Å². The maximum absolute atomic E-state index is 12.6. The van der Waals surface area contributed by atoms with Crippen molar-refractivity contribution in [2.75, 3.05) is 5.32 Å². The molecule has 0 bridgehead atoms. The maximum atomic E-state index is 12.6. The highest BCUT2D eigenvalue weighted by Crippen LogP contribution is 2.18. The van der Waals surface area contributed by atoms with Gasteiger partial charge < -0.3 is 5.32 Å². The second-order valence-corrected chi connectivity index (χ2v) is 7.40. The Balaban J connectivity index is 1.97. The third-order valence-electron chi connectivity index (χ3n) is 3.82. The number of aromatic nitrogens is 2. The molecule has 0 fully saturated rings. The Bertz CT molecular complexity index is 1050. The van der Waals surface area contributed by atoms with E-state index in [0.29, 0.717) is 22.1 Å². The van der Waals surface area contributed by atoms with Crippen molar-refractivity contribution in [1.29, 1.82) is 0 Å². The van der Waals surface area contributed by atoms with E-state index in [1.54, 1.807) is 41.9 Å². The minimum absolute atomic E-state index is 0.166. The molecule has 0 radical (unpaired) electrons. The van der Waals surface area contributed by atoms with Crippen LogP contribution in [0.5, 0.6) is 0 Å². The zero-order valence-electron chi connectivity index (χ0n) is 14.1. The first-order valence-corrected chi connectivity index (χ1v) is 9.25. The molecule has 2 aromatic carbocycles. The number of amides is 1. The van der Waals surface area contributed by atoms with Crippen LogP contribution in [-0.4, -0.2) is 15.7 Å². The van der Waals surface area contributed by atoms with Gasteiger partial charge in [-0.2, -0.15) is 5.10 Å². The molecule has 1 aromatic heterocycles. The van der Waals surface area contributed by atoms with Crippen molar-refractivity contribution in [2.45, 2.75) is 13.8 Å². The van der Waals surface area contributed by atoms with Gasteiger partial charge in [-0.15, -0.1) is 0 Å². The van der Waals surface area contributed by atoms with Gasteiger partial charge in [0.1, 0.15) is 0 Å². The van der Waals surface area contributed by atoms with Crippen molar-refractivity contribution in [2.24, 2.45) is 0 Å². The molecule has 132 valence electrons. The van der Waals surface area contributed by atoms with Gasteiger partial charge in [0.25, 0.3) is 5.91 Å². The summed E-state index contributed by atoms with van der Waals surface area (Å²) in [6, 6.07) is 13.9. The van der Waals surface area contributed by atoms with Gasteiger partial charge in [-0.25, -0.2) is 4.68 Å². The topological polar surface area (TPSA) is 64.0 Å². The maximum Gasteiger partial charge on any atom is 0.280 e. The summed E-state index contributed by atoms with van der Waals surface area (Å²) in [7, 11) is 0. The van der Waals surface area contributed by atoms with Crippen LogP contribution < -0.4 is 10.7 Å². The van der Waals surface area contributed by atoms with Crippen molar-refractivity contribution in [3.63, 3.8) is 0 Å². The number of hydrogen-bond donors (Lipinski definition) is 1. The molecule has 0 atom stereocenters. The summed E-state index contributed by atoms with van der Waals surface area (Å²) in [5.41, 5.74) is 2.48. The molecule has 0 spiro atoms. The van der Waals surface area contributed by atoms with E-state index in [1.807, 2.05) is 19.1 Å². The fourth-order valence-corrected chi connectivity index (χ4v) is 3.05. The van der Waals surface area contributed by atoms with Crippen LogP contribution in [0.25, 0.3) is 5.69 Å². The van der Waals surface area contributed by atoms with E-state index in [4.69, 9.17) is 11.6 Å². The molecule has 5 nitrogen and oxygen atoms in total. The highest BCUT2D eigenvalue weighted by molar-refractivity contribution is 14.1. The Hall–Kier alpha value is -2.19. The number of nitrogens with zero attached hydrogens (tertiary/aromatic N) is 2. The molecule has 0 aliphatic heterocycles. The second-order valence-electron chi connectivity index (χ2n) is 5.80. The number of carbonyl (C=O) groups excluding carboxylic acids is 1. The predicted molar refractivity (Wildman–Crippen MR) is 111 cm³/mol. The SMILES string of the molecule is Cc1ccc(NC(=O)c2nn(-c3ccc(Cl)cc3)c(C)cc2=O)cc1I. The van der Waals surface area contributed by atoms with Crippen molar-refractivity contribution >= 4 is 45.8 Å². The van der Waals surface area contributed by atoms with E-state index in [1.165, 1.54) is 6.07 Å². The average molecular weight is 480 g/mol. The van der Waals surface area contributed by atoms with Gasteiger partial charge in [-0.3, -0.25) is 9.59 Å². The molecule has 3 rings (SSSR count). The fourth-order valence-electron chi connectivity index (χ4n) is 2.41. The number of anilines is 1. The van der Waals surface area contributed by atoms with Gasteiger partial charge in [0.2, 0.25) is 5.43 Å². The summed E-state index contributed by atoms with van der Waals surface area (Å²) in [6.07, 6.45) is 0. The molecule has 0 unspecified atom stereocenters. The highest BCUT2D eigenvalue weighted by Gasteiger charge is 2.16. The number of nitrogens with one attached hydrogen (secondary N) is 1. The number of rotatable bonds is 3. The van der Waals surface area contributed by atoms with E-state index >= 15 is 0 Å². The summed E-state index contributed by atoms with van der Waals surface area (Å²) in [6.45, 7) is 3.74. The first-order chi connectivity index (χ1) is 12.3. The summed E-state index contributed by atoms with van der Waals surface area (Å²) in [4.78, 5) is 24.8. The molecule has 26 heavy (non-hydrogen) atoms. The van der Waals surface area contributed by atoms with Crippen LogP contribution in [0.4, 0.5) is 5.69 Å². The van der Waals surface area contributed by atoms with Crippen LogP contribution in [0.1, 0.15) is 21.7 Å². The molecular formula is C19H15ClIN3O2. The Morgan fingerprint density at radius 1 is 1.12 bits per heavy atom. The lowest BCUT2D eigenvalue weighted by molar-refractivity contribution is 0.101. The van der Waals surface area contributed by atoms with Gasteiger partial charge in [-0.1, -0.05) is 17.7 Å². The smallest absolute Gasteiger partial charge is 0.280 e. The van der Waals surface area contributed by atoms with Crippen LogP contribution >= 0.6 is 34.2 Å². The normalized spacial score (nSPS) is 10.6. The molecule has 7 heteroatoms. The lowest BCUT2D eigenvalue weighted by Crippen LogP contribution is -2.26. The van der Waals surface area contributed by atoms with E-state index in [9.17, 15) is 9.59 Å². The molecular weight excluding hydrogens is 465 g/mol. The first kappa shape index (κ1) is 18.6. The number of aryl methyl sites for hydroxylation is 2. The standard InChI is InChI=1S/C19H15ClIN3O2/c1-11-3-6-14(10-16(11)21)22-19(26)18-17(25)9-12(2)24(23-18)15-7-4-13(20)5-8-15/h3-10H,1-2H3,(H,22,26).